The Balaban J connectivity index is 1.52. The summed E-state index contributed by atoms with van der Waals surface area (Å²) in [6, 6.07) is 14.1. The number of halogens is 1. The molecule has 0 aliphatic carbocycles. The SMILES string of the molecule is CCCCCCOc1ccc2c(c1)CCc1ncc(Nc3cccc(Cl)c3)n1-2. The number of aromatic nitrogens is 2. The van der Waals surface area contributed by atoms with Crippen molar-refractivity contribution in [3.8, 4) is 11.4 Å². The van der Waals surface area contributed by atoms with E-state index in [1.54, 1.807) is 0 Å². The monoisotopic (exact) mass is 395 g/mol. The molecule has 1 N–H and O–H groups in total. The summed E-state index contributed by atoms with van der Waals surface area (Å²) >= 11 is 6.12. The van der Waals surface area contributed by atoms with Crippen molar-refractivity contribution >= 4 is 23.1 Å². The number of hydrogen-bond acceptors (Lipinski definition) is 3. The lowest BCUT2D eigenvalue weighted by atomic mass is 10.0. The molecule has 0 saturated carbocycles. The predicted molar refractivity (Wildman–Crippen MR) is 115 cm³/mol. The van der Waals surface area contributed by atoms with Crippen LogP contribution >= 0.6 is 11.6 Å². The first-order chi connectivity index (χ1) is 13.7. The van der Waals surface area contributed by atoms with Gasteiger partial charge in [-0.15, -0.1) is 0 Å². The van der Waals surface area contributed by atoms with Gasteiger partial charge in [0.2, 0.25) is 0 Å². The van der Waals surface area contributed by atoms with Crippen molar-refractivity contribution in [3.05, 3.63) is 65.1 Å². The van der Waals surface area contributed by atoms with Gasteiger partial charge in [-0.3, -0.25) is 4.57 Å². The lowest BCUT2D eigenvalue weighted by molar-refractivity contribution is 0.304. The number of imidazole rings is 1. The number of nitrogens with zero attached hydrogens (tertiary/aromatic N) is 2. The summed E-state index contributed by atoms with van der Waals surface area (Å²) in [5.41, 5.74) is 3.42. The Bertz CT molecular complexity index is 951. The second-order valence-electron chi connectivity index (χ2n) is 7.23. The van der Waals surface area contributed by atoms with Crippen LogP contribution in [0.5, 0.6) is 5.75 Å². The van der Waals surface area contributed by atoms with E-state index in [1.165, 1.54) is 30.5 Å². The molecule has 1 aliphatic heterocycles. The fourth-order valence-corrected chi connectivity index (χ4v) is 3.86. The van der Waals surface area contributed by atoms with E-state index >= 15 is 0 Å². The Labute approximate surface area is 171 Å². The number of benzene rings is 2. The molecule has 4 rings (SSSR count). The Morgan fingerprint density at radius 3 is 2.89 bits per heavy atom. The van der Waals surface area contributed by atoms with Crippen LogP contribution in [-0.2, 0) is 12.8 Å². The molecule has 3 aromatic rings. The summed E-state index contributed by atoms with van der Waals surface area (Å²) in [6.07, 6.45) is 8.67. The van der Waals surface area contributed by atoms with Gasteiger partial charge in [0, 0.05) is 17.1 Å². The standard InChI is InChI=1S/C23H26ClN3O/c1-2-3-4-5-13-28-20-10-11-21-17(14-20)9-12-22-25-16-23(27(21)22)26-19-8-6-7-18(24)15-19/h6-8,10-11,14-16,26H,2-5,9,12-13H2,1H3. The largest absolute Gasteiger partial charge is 0.494 e. The van der Waals surface area contributed by atoms with Gasteiger partial charge in [0.25, 0.3) is 0 Å². The van der Waals surface area contributed by atoms with Crippen molar-refractivity contribution in [3.63, 3.8) is 0 Å². The smallest absolute Gasteiger partial charge is 0.135 e. The lowest BCUT2D eigenvalue weighted by Crippen LogP contribution is -2.14. The quantitative estimate of drug-likeness (QED) is 0.453. The second kappa shape index (κ2) is 8.70. The Kier molecular flexibility index (Phi) is 5.87. The summed E-state index contributed by atoms with van der Waals surface area (Å²) in [6.45, 7) is 3.01. The summed E-state index contributed by atoms with van der Waals surface area (Å²) < 4.78 is 8.17. The number of nitrogens with one attached hydrogen (secondary N) is 1. The van der Waals surface area contributed by atoms with Gasteiger partial charge in [-0.1, -0.05) is 43.9 Å². The maximum absolute atomic E-state index is 6.12. The van der Waals surface area contributed by atoms with E-state index in [9.17, 15) is 0 Å². The zero-order chi connectivity index (χ0) is 19.3. The molecule has 0 amide bonds. The van der Waals surface area contributed by atoms with E-state index in [0.717, 1.165) is 48.9 Å². The highest BCUT2D eigenvalue weighted by atomic mass is 35.5. The highest BCUT2D eigenvalue weighted by Crippen LogP contribution is 2.32. The Hall–Kier alpha value is -2.46. The summed E-state index contributed by atoms with van der Waals surface area (Å²) in [4.78, 5) is 4.61. The van der Waals surface area contributed by atoms with Crippen molar-refractivity contribution in [2.45, 2.75) is 45.4 Å². The van der Waals surface area contributed by atoms with Crippen LogP contribution in [0.2, 0.25) is 5.02 Å². The minimum absolute atomic E-state index is 0.713. The molecule has 1 aliphatic rings. The fraction of sp³-hybridized carbons (Fsp3) is 0.348. The van der Waals surface area contributed by atoms with Crippen LogP contribution in [0.3, 0.4) is 0 Å². The molecule has 0 fully saturated rings. The van der Waals surface area contributed by atoms with Crippen molar-refractivity contribution < 1.29 is 4.74 Å². The first-order valence-electron chi connectivity index (χ1n) is 10.1. The number of fused-ring (bicyclic) bond motifs is 3. The third kappa shape index (κ3) is 4.17. The maximum atomic E-state index is 6.12. The third-order valence-corrected chi connectivity index (χ3v) is 5.34. The predicted octanol–water partition coefficient (Wildman–Crippen LogP) is 6.33. The normalized spacial score (nSPS) is 12.4. The molecule has 0 saturated heterocycles. The van der Waals surface area contributed by atoms with Gasteiger partial charge in [-0.05, 0) is 54.8 Å². The summed E-state index contributed by atoms with van der Waals surface area (Å²) in [7, 11) is 0. The number of aryl methyl sites for hydroxylation is 2. The van der Waals surface area contributed by atoms with E-state index in [4.69, 9.17) is 16.3 Å². The van der Waals surface area contributed by atoms with E-state index in [1.807, 2.05) is 30.5 Å². The second-order valence-corrected chi connectivity index (χ2v) is 7.67. The Morgan fingerprint density at radius 1 is 1.11 bits per heavy atom. The van der Waals surface area contributed by atoms with Gasteiger partial charge in [0.1, 0.15) is 17.4 Å². The van der Waals surface area contributed by atoms with Gasteiger partial charge >= 0.3 is 0 Å². The Morgan fingerprint density at radius 2 is 2.04 bits per heavy atom. The van der Waals surface area contributed by atoms with E-state index < -0.39 is 0 Å². The van der Waals surface area contributed by atoms with Crippen LogP contribution in [0.15, 0.2) is 48.7 Å². The van der Waals surface area contributed by atoms with E-state index in [2.05, 4.69) is 40.0 Å². The molecule has 146 valence electrons. The molecule has 0 bridgehead atoms. The van der Waals surface area contributed by atoms with E-state index in [0.29, 0.717) is 5.02 Å². The van der Waals surface area contributed by atoms with Crippen LogP contribution in [0.4, 0.5) is 11.5 Å². The number of unbranched alkanes of at least 4 members (excludes halogenated alkanes) is 3. The first kappa shape index (κ1) is 18.9. The molecule has 0 atom stereocenters. The van der Waals surface area contributed by atoms with Crippen LogP contribution in [0.25, 0.3) is 5.69 Å². The molecular weight excluding hydrogens is 370 g/mol. The minimum Gasteiger partial charge on any atom is -0.494 e. The zero-order valence-corrected chi connectivity index (χ0v) is 17.0. The average Bonchev–Trinajstić information content (AvgIpc) is 3.11. The molecule has 0 spiro atoms. The molecule has 1 aromatic heterocycles. The van der Waals surface area contributed by atoms with Crippen LogP contribution in [0, 0.1) is 0 Å². The lowest BCUT2D eigenvalue weighted by Gasteiger charge is -2.22. The van der Waals surface area contributed by atoms with Crippen molar-refractivity contribution in [1.29, 1.82) is 0 Å². The number of hydrogen-bond donors (Lipinski definition) is 1. The van der Waals surface area contributed by atoms with Gasteiger partial charge < -0.3 is 10.1 Å². The number of ether oxygens (including phenoxy) is 1. The molecule has 4 nitrogen and oxygen atoms in total. The highest BCUT2D eigenvalue weighted by Gasteiger charge is 2.20. The molecule has 5 heteroatoms. The van der Waals surface area contributed by atoms with Gasteiger partial charge in [-0.2, -0.15) is 0 Å². The molecule has 0 unspecified atom stereocenters. The van der Waals surface area contributed by atoms with Crippen LogP contribution in [0.1, 0.15) is 44.0 Å². The molecule has 28 heavy (non-hydrogen) atoms. The van der Waals surface area contributed by atoms with Gasteiger partial charge in [-0.25, -0.2) is 4.98 Å². The summed E-state index contributed by atoms with van der Waals surface area (Å²) in [5.74, 6) is 2.99. The van der Waals surface area contributed by atoms with Crippen molar-refractivity contribution in [2.75, 3.05) is 11.9 Å². The molecule has 0 radical (unpaired) electrons. The highest BCUT2D eigenvalue weighted by molar-refractivity contribution is 6.30. The summed E-state index contributed by atoms with van der Waals surface area (Å²) in [5, 5.41) is 4.16. The molecule has 2 aromatic carbocycles. The number of anilines is 2. The topological polar surface area (TPSA) is 39.1 Å². The van der Waals surface area contributed by atoms with E-state index in [-0.39, 0.29) is 0 Å². The van der Waals surface area contributed by atoms with Gasteiger partial charge in [0.05, 0.1) is 18.5 Å². The van der Waals surface area contributed by atoms with Crippen molar-refractivity contribution in [1.82, 2.24) is 9.55 Å². The van der Waals surface area contributed by atoms with Crippen molar-refractivity contribution in [2.24, 2.45) is 0 Å². The molecule has 2 heterocycles. The van der Waals surface area contributed by atoms with Gasteiger partial charge in [0.15, 0.2) is 0 Å². The van der Waals surface area contributed by atoms with Crippen LogP contribution < -0.4 is 10.1 Å². The fourth-order valence-electron chi connectivity index (χ4n) is 3.67. The third-order valence-electron chi connectivity index (χ3n) is 5.11. The minimum atomic E-state index is 0.713. The zero-order valence-electron chi connectivity index (χ0n) is 16.2. The number of rotatable bonds is 8. The molecular formula is C23H26ClN3O. The average molecular weight is 396 g/mol. The first-order valence-corrected chi connectivity index (χ1v) is 10.5. The maximum Gasteiger partial charge on any atom is 0.135 e. The van der Waals surface area contributed by atoms with Crippen LogP contribution in [-0.4, -0.2) is 16.2 Å².